The topological polar surface area (TPSA) is 76.7 Å². The predicted molar refractivity (Wildman–Crippen MR) is 77.7 cm³/mol. The Morgan fingerprint density at radius 1 is 1.29 bits per heavy atom. The zero-order chi connectivity index (χ0) is 15.1. The minimum atomic E-state index is -0.0918. The fraction of sp³-hybridized carbons (Fsp3) is 0.867. The number of carbonyl (C=O) groups is 2. The highest BCUT2D eigenvalue weighted by Crippen LogP contribution is 2.25. The van der Waals surface area contributed by atoms with Crippen LogP contribution < -0.4 is 10.6 Å². The number of esters is 1. The van der Waals surface area contributed by atoms with Crippen molar-refractivity contribution in [3.63, 3.8) is 0 Å². The molecule has 2 N–H and O–H groups in total. The van der Waals surface area contributed by atoms with Gasteiger partial charge in [-0.15, -0.1) is 0 Å². The third kappa shape index (κ3) is 5.28. The second-order valence-electron chi connectivity index (χ2n) is 5.80. The van der Waals surface area contributed by atoms with Crippen LogP contribution in [0.15, 0.2) is 0 Å². The van der Waals surface area contributed by atoms with Crippen molar-refractivity contribution in [3.8, 4) is 0 Å². The average molecular weight is 298 g/mol. The van der Waals surface area contributed by atoms with E-state index in [1.165, 1.54) is 0 Å². The quantitative estimate of drug-likeness (QED) is 0.727. The number of hydrogen-bond acceptors (Lipinski definition) is 5. The number of carbonyl (C=O) groups excluding carboxylic acids is 2. The molecule has 0 aromatic heterocycles. The molecule has 1 aliphatic carbocycles. The van der Waals surface area contributed by atoms with Gasteiger partial charge in [0.2, 0.25) is 5.91 Å². The van der Waals surface area contributed by atoms with E-state index in [-0.39, 0.29) is 29.9 Å². The zero-order valence-electron chi connectivity index (χ0n) is 12.7. The lowest BCUT2D eigenvalue weighted by atomic mass is 9.86. The monoisotopic (exact) mass is 298 g/mol. The first-order valence-electron chi connectivity index (χ1n) is 7.96. The SMILES string of the molecule is CCOC(=O)C1CCC(NC(=O)CC2COCCN2)CC1. The lowest BCUT2D eigenvalue weighted by Gasteiger charge is -2.29. The lowest BCUT2D eigenvalue weighted by molar-refractivity contribution is -0.149. The summed E-state index contributed by atoms with van der Waals surface area (Å²) < 4.78 is 10.4. The molecular weight excluding hydrogens is 272 g/mol. The third-order valence-electron chi connectivity index (χ3n) is 4.14. The van der Waals surface area contributed by atoms with Gasteiger partial charge in [0.1, 0.15) is 0 Å². The Morgan fingerprint density at radius 3 is 2.67 bits per heavy atom. The van der Waals surface area contributed by atoms with Gasteiger partial charge in [-0.2, -0.15) is 0 Å². The van der Waals surface area contributed by atoms with Crippen LogP contribution >= 0.6 is 0 Å². The highest BCUT2D eigenvalue weighted by Gasteiger charge is 2.28. The summed E-state index contributed by atoms with van der Waals surface area (Å²) in [5.41, 5.74) is 0. The first-order valence-corrected chi connectivity index (χ1v) is 7.96. The number of rotatable bonds is 5. The highest BCUT2D eigenvalue weighted by atomic mass is 16.5. The maximum atomic E-state index is 12.0. The van der Waals surface area contributed by atoms with Gasteiger partial charge in [0.05, 0.1) is 25.7 Å². The van der Waals surface area contributed by atoms with Crippen LogP contribution in [0.2, 0.25) is 0 Å². The first-order chi connectivity index (χ1) is 10.2. The molecule has 2 aliphatic rings. The fourth-order valence-electron chi connectivity index (χ4n) is 2.99. The van der Waals surface area contributed by atoms with Crippen LogP contribution in [0.3, 0.4) is 0 Å². The number of morpholine rings is 1. The van der Waals surface area contributed by atoms with Crippen LogP contribution in [0.5, 0.6) is 0 Å². The van der Waals surface area contributed by atoms with Crippen LogP contribution in [0.25, 0.3) is 0 Å². The van der Waals surface area contributed by atoms with Crippen LogP contribution in [0, 0.1) is 5.92 Å². The molecule has 0 radical (unpaired) electrons. The first kappa shape index (κ1) is 16.2. The summed E-state index contributed by atoms with van der Waals surface area (Å²) in [6.45, 7) is 4.39. The Kier molecular flexibility index (Phi) is 6.45. The number of nitrogens with one attached hydrogen (secondary N) is 2. The molecule has 1 saturated carbocycles. The summed E-state index contributed by atoms with van der Waals surface area (Å²) in [7, 11) is 0. The lowest BCUT2D eigenvalue weighted by Crippen LogP contribution is -2.46. The van der Waals surface area contributed by atoms with E-state index in [0.29, 0.717) is 19.6 Å². The minimum Gasteiger partial charge on any atom is -0.466 e. The number of amides is 1. The maximum absolute atomic E-state index is 12.0. The second-order valence-corrected chi connectivity index (χ2v) is 5.80. The van der Waals surface area contributed by atoms with Crippen LogP contribution in [-0.2, 0) is 19.1 Å². The van der Waals surface area contributed by atoms with Gasteiger partial charge in [0, 0.05) is 25.0 Å². The molecule has 2 rings (SSSR count). The van der Waals surface area contributed by atoms with Crippen molar-refractivity contribution in [1.29, 1.82) is 0 Å². The Balaban J connectivity index is 1.65. The zero-order valence-corrected chi connectivity index (χ0v) is 12.7. The molecule has 1 heterocycles. The van der Waals surface area contributed by atoms with E-state index in [1.54, 1.807) is 0 Å². The predicted octanol–water partition coefficient (Wildman–Crippen LogP) is 0.603. The van der Waals surface area contributed by atoms with Crippen molar-refractivity contribution in [2.45, 2.75) is 51.1 Å². The molecule has 1 atom stereocenters. The largest absolute Gasteiger partial charge is 0.466 e. The van der Waals surface area contributed by atoms with Gasteiger partial charge < -0.3 is 20.1 Å². The maximum Gasteiger partial charge on any atom is 0.308 e. The molecular formula is C15H26N2O4. The van der Waals surface area contributed by atoms with E-state index in [0.717, 1.165) is 38.8 Å². The van der Waals surface area contributed by atoms with Crippen molar-refractivity contribution in [2.24, 2.45) is 5.92 Å². The van der Waals surface area contributed by atoms with Gasteiger partial charge in [0.25, 0.3) is 0 Å². The third-order valence-corrected chi connectivity index (χ3v) is 4.14. The Hall–Kier alpha value is -1.14. The summed E-state index contributed by atoms with van der Waals surface area (Å²) in [5, 5.41) is 6.35. The molecule has 6 nitrogen and oxygen atoms in total. The van der Waals surface area contributed by atoms with Crippen LogP contribution in [0.4, 0.5) is 0 Å². The molecule has 0 aromatic rings. The standard InChI is InChI=1S/C15H26N2O4/c1-2-21-15(19)11-3-5-12(6-4-11)17-14(18)9-13-10-20-8-7-16-13/h11-13,16H,2-10H2,1H3,(H,17,18). The molecule has 1 unspecified atom stereocenters. The summed E-state index contributed by atoms with van der Waals surface area (Å²) in [4.78, 5) is 23.7. The van der Waals surface area contributed by atoms with Gasteiger partial charge in [-0.25, -0.2) is 0 Å². The second kappa shape index (κ2) is 8.34. The molecule has 2 fully saturated rings. The van der Waals surface area contributed by atoms with E-state index in [2.05, 4.69) is 10.6 Å². The molecule has 0 spiro atoms. The highest BCUT2D eigenvalue weighted by molar-refractivity contribution is 5.77. The van der Waals surface area contributed by atoms with E-state index in [4.69, 9.17) is 9.47 Å². The van der Waals surface area contributed by atoms with Crippen LogP contribution in [0.1, 0.15) is 39.0 Å². The molecule has 21 heavy (non-hydrogen) atoms. The number of hydrogen-bond donors (Lipinski definition) is 2. The van der Waals surface area contributed by atoms with E-state index >= 15 is 0 Å². The molecule has 6 heteroatoms. The van der Waals surface area contributed by atoms with Crippen molar-refractivity contribution in [2.75, 3.05) is 26.4 Å². The summed E-state index contributed by atoms with van der Waals surface area (Å²) >= 11 is 0. The van der Waals surface area contributed by atoms with Gasteiger partial charge in [-0.1, -0.05) is 0 Å². The summed E-state index contributed by atoms with van der Waals surface area (Å²) in [6.07, 6.45) is 3.76. The van der Waals surface area contributed by atoms with Crippen molar-refractivity contribution >= 4 is 11.9 Å². The molecule has 0 aromatic carbocycles. The average Bonchev–Trinajstić information content (AvgIpc) is 2.49. The minimum absolute atomic E-state index is 0.00603. The molecule has 1 aliphatic heterocycles. The van der Waals surface area contributed by atoms with Crippen molar-refractivity contribution < 1.29 is 19.1 Å². The van der Waals surface area contributed by atoms with E-state index in [9.17, 15) is 9.59 Å². The summed E-state index contributed by atoms with van der Waals surface area (Å²) in [6, 6.07) is 0.308. The van der Waals surface area contributed by atoms with E-state index in [1.807, 2.05) is 6.92 Å². The van der Waals surface area contributed by atoms with E-state index < -0.39 is 0 Å². The number of ether oxygens (including phenoxy) is 2. The van der Waals surface area contributed by atoms with Gasteiger partial charge in [-0.3, -0.25) is 9.59 Å². The van der Waals surface area contributed by atoms with Crippen LogP contribution in [-0.4, -0.2) is 50.3 Å². The van der Waals surface area contributed by atoms with Crippen molar-refractivity contribution in [1.82, 2.24) is 10.6 Å². The van der Waals surface area contributed by atoms with Gasteiger partial charge >= 0.3 is 5.97 Å². The summed E-state index contributed by atoms with van der Waals surface area (Å²) in [5.74, 6) is -0.0186. The molecule has 120 valence electrons. The Labute approximate surface area is 125 Å². The molecule has 1 saturated heterocycles. The fourth-order valence-corrected chi connectivity index (χ4v) is 2.99. The Morgan fingerprint density at radius 2 is 2.05 bits per heavy atom. The van der Waals surface area contributed by atoms with Gasteiger partial charge in [0.15, 0.2) is 0 Å². The molecule has 1 amide bonds. The smallest absolute Gasteiger partial charge is 0.308 e. The normalized spacial score (nSPS) is 29.7. The molecule has 0 bridgehead atoms. The Bertz CT molecular complexity index is 348. The van der Waals surface area contributed by atoms with Gasteiger partial charge in [-0.05, 0) is 32.6 Å². The van der Waals surface area contributed by atoms with Crippen molar-refractivity contribution in [3.05, 3.63) is 0 Å².